The second kappa shape index (κ2) is 6.65. The number of rotatable bonds is 5. The van der Waals surface area contributed by atoms with Gasteiger partial charge in [-0.15, -0.1) is 0 Å². The van der Waals surface area contributed by atoms with Crippen LogP contribution in [0.25, 0.3) is 0 Å². The molecule has 2 rings (SSSR count). The van der Waals surface area contributed by atoms with Crippen molar-refractivity contribution >= 4 is 21.6 Å². The molecule has 1 N–H and O–H groups in total. The van der Waals surface area contributed by atoms with Crippen LogP contribution in [0.2, 0.25) is 5.02 Å². The summed E-state index contributed by atoms with van der Waals surface area (Å²) in [5.74, 6) is 0.267. The summed E-state index contributed by atoms with van der Waals surface area (Å²) in [6.07, 6.45) is 1.79. The predicted octanol–water partition coefficient (Wildman–Crippen LogP) is 2.84. The lowest BCUT2D eigenvalue weighted by molar-refractivity contribution is 0.379. The van der Waals surface area contributed by atoms with Gasteiger partial charge < -0.3 is 5.32 Å². The minimum Gasteiger partial charge on any atom is -0.318 e. The van der Waals surface area contributed by atoms with E-state index in [0.29, 0.717) is 18.1 Å². The summed E-state index contributed by atoms with van der Waals surface area (Å²) in [6, 6.07) is 5.31. The van der Waals surface area contributed by atoms with E-state index in [-0.39, 0.29) is 16.9 Å². The van der Waals surface area contributed by atoms with Gasteiger partial charge in [0.2, 0.25) is 10.0 Å². The fourth-order valence-corrected chi connectivity index (χ4v) is 4.97. The van der Waals surface area contributed by atoms with Crippen molar-refractivity contribution in [2.45, 2.75) is 43.5 Å². The maximum Gasteiger partial charge on any atom is 0.244 e. The number of halogens is 1. The van der Waals surface area contributed by atoms with Gasteiger partial charge in [0.05, 0.1) is 5.02 Å². The monoisotopic (exact) mass is 330 g/mol. The van der Waals surface area contributed by atoms with E-state index in [4.69, 9.17) is 11.6 Å². The average molecular weight is 331 g/mol. The molecule has 0 saturated carbocycles. The van der Waals surface area contributed by atoms with Crippen LogP contribution in [0.3, 0.4) is 0 Å². The van der Waals surface area contributed by atoms with Gasteiger partial charge in [0, 0.05) is 19.1 Å². The quantitative estimate of drug-likeness (QED) is 0.903. The third-order valence-electron chi connectivity index (χ3n) is 3.97. The Morgan fingerprint density at radius 2 is 2.14 bits per heavy atom. The first-order valence-electron chi connectivity index (χ1n) is 7.33. The molecule has 4 nitrogen and oxygen atoms in total. The second-order valence-corrected chi connectivity index (χ2v) is 8.08. The lowest BCUT2D eigenvalue weighted by atomic mass is 10.0. The number of hydrogen-bond acceptors (Lipinski definition) is 3. The maximum absolute atomic E-state index is 12.9. The first-order chi connectivity index (χ1) is 9.87. The number of nitrogens with zero attached hydrogens (tertiary/aromatic N) is 1. The summed E-state index contributed by atoms with van der Waals surface area (Å²) in [7, 11) is -1.69. The summed E-state index contributed by atoms with van der Waals surface area (Å²) in [6.45, 7) is 5.32. The van der Waals surface area contributed by atoms with Gasteiger partial charge in [-0.25, -0.2) is 8.42 Å². The Morgan fingerprint density at radius 1 is 1.43 bits per heavy atom. The van der Waals surface area contributed by atoms with E-state index < -0.39 is 10.0 Å². The maximum atomic E-state index is 12.9. The molecule has 0 aliphatic carbocycles. The lowest BCUT2D eigenvalue weighted by Crippen LogP contribution is -2.40. The van der Waals surface area contributed by atoms with Gasteiger partial charge >= 0.3 is 0 Å². The van der Waals surface area contributed by atoms with E-state index in [2.05, 4.69) is 5.32 Å². The van der Waals surface area contributed by atoms with Crippen LogP contribution in [0.4, 0.5) is 0 Å². The summed E-state index contributed by atoms with van der Waals surface area (Å²) >= 11 is 6.17. The van der Waals surface area contributed by atoms with Crippen LogP contribution in [-0.2, 0) is 10.0 Å². The van der Waals surface area contributed by atoms with E-state index in [9.17, 15) is 8.42 Å². The Hall–Kier alpha value is -0.620. The Labute approximate surface area is 132 Å². The molecular weight excluding hydrogens is 308 g/mol. The zero-order valence-corrected chi connectivity index (χ0v) is 14.3. The van der Waals surface area contributed by atoms with Gasteiger partial charge in [-0.3, -0.25) is 0 Å². The molecule has 1 aliphatic rings. The predicted molar refractivity (Wildman–Crippen MR) is 86.4 cm³/mol. The van der Waals surface area contributed by atoms with Crippen molar-refractivity contribution in [2.24, 2.45) is 0 Å². The molecule has 0 spiro atoms. The van der Waals surface area contributed by atoms with E-state index >= 15 is 0 Å². The highest BCUT2D eigenvalue weighted by Gasteiger charge is 2.36. The molecule has 1 atom stereocenters. The highest BCUT2D eigenvalue weighted by Crippen LogP contribution is 2.32. The molecule has 6 heteroatoms. The number of benzene rings is 1. The van der Waals surface area contributed by atoms with Crippen molar-refractivity contribution in [3.05, 3.63) is 28.8 Å². The minimum absolute atomic E-state index is 0.0128. The minimum atomic E-state index is -3.54. The molecule has 1 aromatic carbocycles. The third-order valence-corrected chi connectivity index (χ3v) is 6.40. The lowest BCUT2D eigenvalue weighted by Gasteiger charge is -2.24. The topological polar surface area (TPSA) is 49.4 Å². The number of sulfonamides is 1. The summed E-state index contributed by atoms with van der Waals surface area (Å²) in [5, 5.41) is 3.37. The second-order valence-electron chi connectivity index (χ2n) is 5.81. The highest BCUT2D eigenvalue weighted by molar-refractivity contribution is 7.89. The van der Waals surface area contributed by atoms with E-state index in [1.54, 1.807) is 16.4 Å². The van der Waals surface area contributed by atoms with Gasteiger partial charge in [0.25, 0.3) is 0 Å². The molecule has 1 fully saturated rings. The molecule has 0 aromatic heterocycles. The van der Waals surface area contributed by atoms with Crippen LogP contribution < -0.4 is 5.32 Å². The van der Waals surface area contributed by atoms with Crippen LogP contribution in [0.15, 0.2) is 23.1 Å². The molecular formula is C15H23ClN2O2S. The number of hydrogen-bond donors (Lipinski definition) is 1. The zero-order valence-electron chi connectivity index (χ0n) is 12.8. The standard InChI is InChI=1S/C15H23ClN2O2S/c1-11(2)12-6-7-14(16)15(9-12)21(19,20)18-8-4-5-13(18)10-17-3/h6-7,9,11,13,17H,4-5,8,10H2,1-3H3. The van der Waals surface area contributed by atoms with Gasteiger partial charge in [0.15, 0.2) is 0 Å². The molecule has 0 bridgehead atoms. The van der Waals surface area contributed by atoms with Crippen LogP contribution in [-0.4, -0.2) is 38.9 Å². The Balaban J connectivity index is 2.41. The SMILES string of the molecule is CNCC1CCCN1S(=O)(=O)c1cc(C(C)C)ccc1Cl. The first-order valence-corrected chi connectivity index (χ1v) is 9.15. The molecule has 1 unspecified atom stereocenters. The summed E-state index contributed by atoms with van der Waals surface area (Å²) < 4.78 is 27.5. The van der Waals surface area contributed by atoms with E-state index in [1.807, 2.05) is 27.0 Å². The Morgan fingerprint density at radius 3 is 2.76 bits per heavy atom. The highest BCUT2D eigenvalue weighted by atomic mass is 35.5. The van der Waals surface area contributed by atoms with E-state index in [0.717, 1.165) is 18.4 Å². The number of nitrogens with one attached hydrogen (secondary N) is 1. The van der Waals surface area contributed by atoms with Crippen LogP contribution in [0.1, 0.15) is 38.2 Å². The Kier molecular flexibility index (Phi) is 5.30. The third kappa shape index (κ3) is 3.42. The molecule has 1 aliphatic heterocycles. The molecule has 1 saturated heterocycles. The van der Waals surface area contributed by atoms with E-state index in [1.165, 1.54) is 0 Å². The first kappa shape index (κ1) is 16.7. The van der Waals surface area contributed by atoms with Gasteiger partial charge in [0.1, 0.15) is 4.90 Å². The molecule has 118 valence electrons. The molecule has 0 amide bonds. The fraction of sp³-hybridized carbons (Fsp3) is 0.600. The smallest absolute Gasteiger partial charge is 0.244 e. The van der Waals surface area contributed by atoms with Crippen LogP contribution in [0.5, 0.6) is 0 Å². The summed E-state index contributed by atoms with van der Waals surface area (Å²) in [5.41, 5.74) is 0.988. The molecule has 1 heterocycles. The molecule has 0 radical (unpaired) electrons. The van der Waals surface area contributed by atoms with Gasteiger partial charge in [-0.2, -0.15) is 4.31 Å². The van der Waals surface area contributed by atoms with Crippen molar-refractivity contribution in [3.8, 4) is 0 Å². The van der Waals surface area contributed by atoms with Crippen molar-refractivity contribution < 1.29 is 8.42 Å². The molecule has 1 aromatic rings. The number of likely N-dealkylation sites (N-methyl/N-ethyl adjacent to an activating group) is 1. The Bertz CT molecular complexity index is 602. The average Bonchev–Trinajstić information content (AvgIpc) is 2.88. The fourth-order valence-electron chi connectivity index (χ4n) is 2.77. The zero-order chi connectivity index (χ0) is 15.6. The van der Waals surface area contributed by atoms with Gasteiger partial charge in [-0.1, -0.05) is 31.5 Å². The van der Waals surface area contributed by atoms with Crippen LogP contribution in [0, 0.1) is 0 Å². The summed E-state index contributed by atoms with van der Waals surface area (Å²) in [4.78, 5) is 0.235. The largest absolute Gasteiger partial charge is 0.318 e. The normalized spacial score (nSPS) is 20.3. The molecule has 21 heavy (non-hydrogen) atoms. The van der Waals surface area contributed by atoms with Crippen molar-refractivity contribution in [3.63, 3.8) is 0 Å². The van der Waals surface area contributed by atoms with Crippen molar-refractivity contribution in [1.29, 1.82) is 0 Å². The van der Waals surface area contributed by atoms with Crippen molar-refractivity contribution in [1.82, 2.24) is 9.62 Å². The van der Waals surface area contributed by atoms with Crippen LogP contribution >= 0.6 is 11.6 Å². The van der Waals surface area contributed by atoms with Crippen molar-refractivity contribution in [2.75, 3.05) is 20.1 Å². The van der Waals surface area contributed by atoms with Gasteiger partial charge in [-0.05, 0) is 43.5 Å².